The van der Waals surface area contributed by atoms with Crippen molar-refractivity contribution >= 4 is 22.5 Å². The predicted molar refractivity (Wildman–Crippen MR) is 86.3 cm³/mol. The fourth-order valence-corrected chi connectivity index (χ4v) is 2.46. The van der Waals surface area contributed by atoms with Crippen molar-refractivity contribution < 1.29 is 13.2 Å². The number of hydrogen-bond donors (Lipinski definition) is 1. The van der Waals surface area contributed by atoms with Gasteiger partial charge in [-0.15, -0.1) is 0 Å². The van der Waals surface area contributed by atoms with Crippen LogP contribution in [-0.2, 0) is 0 Å². The summed E-state index contributed by atoms with van der Waals surface area (Å²) in [6.07, 6.45) is 2.71. The maximum absolute atomic E-state index is 14.0. The molecule has 2 aromatic carbocycles. The Bertz CT molecular complexity index is 1080. The zero-order valence-corrected chi connectivity index (χ0v) is 12.6. The van der Waals surface area contributed by atoms with Crippen molar-refractivity contribution in [3.63, 3.8) is 0 Å². The van der Waals surface area contributed by atoms with Crippen molar-refractivity contribution in [3.05, 3.63) is 72.4 Å². The van der Waals surface area contributed by atoms with Crippen molar-refractivity contribution in [3.8, 4) is 5.69 Å². The molecule has 2 aromatic heterocycles. The Labute approximate surface area is 139 Å². The van der Waals surface area contributed by atoms with E-state index in [9.17, 15) is 13.2 Å². The van der Waals surface area contributed by atoms with Crippen molar-refractivity contribution in [1.82, 2.24) is 19.7 Å². The van der Waals surface area contributed by atoms with Crippen LogP contribution in [0.1, 0.15) is 0 Å². The SMILES string of the molecule is Fc1ccc(Nc2ncnc3c2cnn3-c2ccccc2F)c(F)c1. The second-order valence-electron chi connectivity index (χ2n) is 5.22. The molecule has 0 saturated heterocycles. The highest BCUT2D eigenvalue weighted by Crippen LogP contribution is 2.26. The van der Waals surface area contributed by atoms with Crippen molar-refractivity contribution in [2.45, 2.75) is 0 Å². The average Bonchev–Trinajstić information content (AvgIpc) is 3.03. The second-order valence-corrected chi connectivity index (χ2v) is 5.22. The summed E-state index contributed by atoms with van der Waals surface area (Å²) in [4.78, 5) is 8.19. The number of anilines is 2. The normalized spacial score (nSPS) is 11.0. The van der Waals surface area contributed by atoms with Gasteiger partial charge in [0.1, 0.15) is 35.3 Å². The molecule has 0 aliphatic heterocycles. The van der Waals surface area contributed by atoms with Gasteiger partial charge in [0, 0.05) is 6.07 Å². The van der Waals surface area contributed by atoms with Gasteiger partial charge in [0.05, 0.1) is 17.3 Å². The molecular formula is C17H10F3N5. The highest BCUT2D eigenvalue weighted by atomic mass is 19.1. The zero-order chi connectivity index (χ0) is 17.4. The molecule has 4 aromatic rings. The molecule has 25 heavy (non-hydrogen) atoms. The summed E-state index contributed by atoms with van der Waals surface area (Å²) in [6, 6.07) is 9.30. The summed E-state index contributed by atoms with van der Waals surface area (Å²) in [6.45, 7) is 0. The van der Waals surface area contributed by atoms with E-state index in [2.05, 4.69) is 20.4 Å². The summed E-state index contributed by atoms with van der Waals surface area (Å²) in [5, 5.41) is 7.39. The lowest BCUT2D eigenvalue weighted by molar-refractivity contribution is 0.586. The van der Waals surface area contributed by atoms with E-state index in [1.807, 2.05) is 0 Å². The minimum atomic E-state index is -0.756. The Balaban J connectivity index is 1.81. The molecule has 0 fully saturated rings. The van der Waals surface area contributed by atoms with Gasteiger partial charge in [0.25, 0.3) is 0 Å². The average molecular weight is 341 g/mol. The molecule has 0 spiro atoms. The fraction of sp³-hybridized carbons (Fsp3) is 0. The number of hydrogen-bond acceptors (Lipinski definition) is 4. The van der Waals surface area contributed by atoms with E-state index < -0.39 is 17.5 Å². The molecule has 0 radical (unpaired) electrons. The lowest BCUT2D eigenvalue weighted by atomic mass is 10.3. The molecule has 0 aliphatic carbocycles. The van der Waals surface area contributed by atoms with Crippen LogP contribution in [-0.4, -0.2) is 19.7 Å². The number of fused-ring (bicyclic) bond motifs is 1. The van der Waals surface area contributed by atoms with Gasteiger partial charge >= 0.3 is 0 Å². The van der Waals surface area contributed by atoms with E-state index in [4.69, 9.17) is 0 Å². The molecule has 0 unspecified atom stereocenters. The standard InChI is InChI=1S/C17H10F3N5/c18-10-5-6-14(13(20)7-10)24-16-11-8-23-25(17(11)22-9-21-16)15-4-2-1-3-12(15)19/h1-9H,(H,21,22,24). The van der Waals surface area contributed by atoms with E-state index in [1.165, 1.54) is 29.3 Å². The molecule has 0 saturated carbocycles. The topological polar surface area (TPSA) is 55.6 Å². The van der Waals surface area contributed by atoms with Gasteiger partial charge < -0.3 is 5.32 Å². The van der Waals surface area contributed by atoms with Gasteiger partial charge in [-0.2, -0.15) is 5.10 Å². The lowest BCUT2D eigenvalue weighted by Gasteiger charge is -2.08. The third kappa shape index (κ3) is 2.67. The van der Waals surface area contributed by atoms with Gasteiger partial charge in [0.2, 0.25) is 0 Å². The summed E-state index contributed by atoms with van der Waals surface area (Å²) in [7, 11) is 0. The van der Waals surface area contributed by atoms with Gasteiger partial charge in [-0.05, 0) is 24.3 Å². The third-order valence-corrected chi connectivity index (χ3v) is 3.63. The second kappa shape index (κ2) is 5.90. The first-order valence-corrected chi connectivity index (χ1v) is 7.29. The molecule has 1 N–H and O–H groups in total. The maximum atomic E-state index is 14.0. The van der Waals surface area contributed by atoms with E-state index in [1.54, 1.807) is 18.2 Å². The molecule has 2 heterocycles. The van der Waals surface area contributed by atoms with Crippen molar-refractivity contribution in [2.75, 3.05) is 5.32 Å². The van der Waals surface area contributed by atoms with Crippen LogP contribution in [0.2, 0.25) is 0 Å². The summed E-state index contributed by atoms with van der Waals surface area (Å²) in [5.41, 5.74) is 0.639. The number of aromatic nitrogens is 4. The van der Waals surface area contributed by atoms with E-state index in [0.717, 1.165) is 12.1 Å². The van der Waals surface area contributed by atoms with Crippen LogP contribution in [0, 0.1) is 17.5 Å². The fourth-order valence-electron chi connectivity index (χ4n) is 2.46. The molecule has 124 valence electrons. The summed E-state index contributed by atoms with van der Waals surface area (Å²) < 4.78 is 42.2. The van der Waals surface area contributed by atoms with E-state index in [-0.39, 0.29) is 17.2 Å². The van der Waals surface area contributed by atoms with Crippen LogP contribution in [0.3, 0.4) is 0 Å². The van der Waals surface area contributed by atoms with E-state index >= 15 is 0 Å². The largest absolute Gasteiger partial charge is 0.337 e. The van der Waals surface area contributed by atoms with Gasteiger partial charge in [-0.25, -0.2) is 27.8 Å². The van der Waals surface area contributed by atoms with Crippen LogP contribution in [0.5, 0.6) is 0 Å². The molecule has 0 bridgehead atoms. The van der Waals surface area contributed by atoms with E-state index in [0.29, 0.717) is 11.0 Å². The highest BCUT2D eigenvalue weighted by molar-refractivity contribution is 5.89. The zero-order valence-electron chi connectivity index (χ0n) is 12.6. The summed E-state index contributed by atoms with van der Waals surface area (Å²) >= 11 is 0. The number of nitrogens with zero attached hydrogens (tertiary/aromatic N) is 4. The molecule has 0 amide bonds. The maximum Gasteiger partial charge on any atom is 0.168 e. The van der Waals surface area contributed by atoms with Gasteiger partial charge in [-0.3, -0.25) is 0 Å². The van der Waals surface area contributed by atoms with Crippen LogP contribution in [0.4, 0.5) is 24.7 Å². The van der Waals surface area contributed by atoms with Crippen LogP contribution in [0.25, 0.3) is 16.7 Å². The first-order valence-electron chi connectivity index (χ1n) is 7.29. The minimum absolute atomic E-state index is 0.0556. The van der Waals surface area contributed by atoms with Crippen molar-refractivity contribution in [1.29, 1.82) is 0 Å². The first-order chi connectivity index (χ1) is 12.1. The quantitative estimate of drug-likeness (QED) is 0.612. The van der Waals surface area contributed by atoms with Crippen molar-refractivity contribution in [2.24, 2.45) is 0 Å². The third-order valence-electron chi connectivity index (χ3n) is 3.63. The molecule has 5 nitrogen and oxygen atoms in total. The number of para-hydroxylation sites is 1. The Morgan fingerprint density at radius 3 is 2.56 bits per heavy atom. The molecule has 4 rings (SSSR count). The van der Waals surface area contributed by atoms with Gasteiger partial charge in [0.15, 0.2) is 5.65 Å². The first kappa shape index (κ1) is 15.1. The smallest absolute Gasteiger partial charge is 0.168 e. The lowest BCUT2D eigenvalue weighted by Crippen LogP contribution is -2.02. The molecular weight excluding hydrogens is 331 g/mol. The molecule has 0 aliphatic rings. The molecule has 8 heteroatoms. The number of benzene rings is 2. The van der Waals surface area contributed by atoms with Gasteiger partial charge in [-0.1, -0.05) is 12.1 Å². The minimum Gasteiger partial charge on any atom is -0.337 e. The summed E-state index contributed by atoms with van der Waals surface area (Å²) in [5.74, 6) is -1.61. The Kier molecular flexibility index (Phi) is 3.57. The van der Waals surface area contributed by atoms with Crippen LogP contribution in [0.15, 0.2) is 55.0 Å². The molecule has 0 atom stereocenters. The Morgan fingerprint density at radius 2 is 1.76 bits per heavy atom. The number of rotatable bonds is 3. The predicted octanol–water partition coefficient (Wildman–Crippen LogP) is 3.98. The monoisotopic (exact) mass is 341 g/mol. The Morgan fingerprint density at radius 1 is 0.920 bits per heavy atom. The van der Waals surface area contributed by atoms with Crippen LogP contribution >= 0.6 is 0 Å². The number of nitrogens with one attached hydrogen (secondary N) is 1. The van der Waals surface area contributed by atoms with Crippen LogP contribution < -0.4 is 5.32 Å². The highest BCUT2D eigenvalue weighted by Gasteiger charge is 2.14. The Hall–Kier alpha value is -3.42. The number of halogens is 3.